The molecule has 0 unspecified atom stereocenters. The van der Waals surface area contributed by atoms with E-state index in [9.17, 15) is 15.0 Å². The van der Waals surface area contributed by atoms with Crippen molar-refractivity contribution in [2.24, 2.45) is 5.73 Å². The highest BCUT2D eigenvalue weighted by molar-refractivity contribution is 5.73. The Morgan fingerprint density at radius 2 is 2.05 bits per heavy atom. The minimum atomic E-state index is -0.878. The lowest BCUT2D eigenvalue weighted by Crippen LogP contribution is -2.37. The average Bonchev–Trinajstić information content (AvgIpc) is 2.39. The number of phenolic OH excluding ortho intramolecular Hbond substituents is 2. The fourth-order valence-corrected chi connectivity index (χ4v) is 1.95. The molecule has 20 heavy (non-hydrogen) atoms. The summed E-state index contributed by atoms with van der Waals surface area (Å²) in [5, 5.41) is 30.8. The Kier molecular flexibility index (Phi) is 6.83. The largest absolute Gasteiger partial charge is 0.508 e. The van der Waals surface area contributed by atoms with Crippen LogP contribution < -0.4 is 11.1 Å². The highest BCUT2D eigenvalue weighted by Gasteiger charge is 2.15. The van der Waals surface area contributed by atoms with Crippen LogP contribution in [0.4, 0.5) is 0 Å². The Labute approximate surface area is 118 Å². The quantitative estimate of drug-likeness (QED) is 0.428. The molecule has 0 spiro atoms. The lowest BCUT2D eigenvalue weighted by Gasteiger charge is -2.14. The number of hydrogen-bond donors (Lipinski definition) is 5. The Morgan fingerprint density at radius 3 is 2.65 bits per heavy atom. The highest BCUT2D eigenvalue weighted by atomic mass is 16.4. The minimum Gasteiger partial charge on any atom is -0.508 e. The smallest absolute Gasteiger partial charge is 0.320 e. The van der Waals surface area contributed by atoms with E-state index < -0.39 is 12.0 Å². The van der Waals surface area contributed by atoms with E-state index in [4.69, 9.17) is 10.8 Å². The molecule has 0 bridgehead atoms. The van der Waals surface area contributed by atoms with E-state index in [1.807, 2.05) is 0 Å². The summed E-state index contributed by atoms with van der Waals surface area (Å²) in [6.45, 7) is 1.01. The second-order valence-electron chi connectivity index (χ2n) is 4.69. The lowest BCUT2D eigenvalue weighted by atomic mass is 10.1. The van der Waals surface area contributed by atoms with Crippen LogP contribution in [0.25, 0.3) is 0 Å². The Balaban J connectivity index is 2.41. The van der Waals surface area contributed by atoms with E-state index in [0.29, 0.717) is 31.5 Å². The standard InChI is InChI=1S/C14H22N2O4/c15-7-2-1-3-12(14(19)20)16-8-6-10-4-5-11(17)9-13(10)18/h4-5,9,12,16-18H,1-3,6-8,15H2,(H,19,20)/t12-/m0/s1. The molecule has 0 heterocycles. The fourth-order valence-electron chi connectivity index (χ4n) is 1.95. The fraction of sp³-hybridized carbons (Fsp3) is 0.500. The van der Waals surface area contributed by atoms with Crippen LogP contribution in [0.1, 0.15) is 24.8 Å². The predicted molar refractivity (Wildman–Crippen MR) is 75.8 cm³/mol. The van der Waals surface area contributed by atoms with Crippen molar-refractivity contribution in [1.29, 1.82) is 0 Å². The third kappa shape index (κ3) is 5.46. The molecule has 1 aromatic carbocycles. The van der Waals surface area contributed by atoms with Crippen molar-refractivity contribution in [3.8, 4) is 11.5 Å². The maximum Gasteiger partial charge on any atom is 0.320 e. The van der Waals surface area contributed by atoms with Gasteiger partial charge in [-0.25, -0.2) is 0 Å². The number of carbonyl (C=O) groups is 1. The van der Waals surface area contributed by atoms with Crippen LogP contribution in [0.5, 0.6) is 11.5 Å². The lowest BCUT2D eigenvalue weighted by molar-refractivity contribution is -0.139. The van der Waals surface area contributed by atoms with Gasteiger partial charge in [-0.15, -0.1) is 0 Å². The van der Waals surface area contributed by atoms with Crippen molar-refractivity contribution in [1.82, 2.24) is 5.32 Å². The summed E-state index contributed by atoms with van der Waals surface area (Å²) in [6.07, 6.45) is 2.61. The van der Waals surface area contributed by atoms with Gasteiger partial charge in [-0.3, -0.25) is 4.79 Å². The van der Waals surface area contributed by atoms with Crippen molar-refractivity contribution in [2.45, 2.75) is 31.7 Å². The zero-order valence-corrected chi connectivity index (χ0v) is 11.4. The van der Waals surface area contributed by atoms with E-state index in [1.165, 1.54) is 12.1 Å². The van der Waals surface area contributed by atoms with Crippen LogP contribution in [-0.4, -0.2) is 40.4 Å². The molecule has 1 rings (SSSR count). The van der Waals surface area contributed by atoms with E-state index >= 15 is 0 Å². The Hall–Kier alpha value is -1.79. The number of nitrogens with two attached hydrogens (primary N) is 1. The van der Waals surface area contributed by atoms with Crippen LogP contribution in [0.15, 0.2) is 18.2 Å². The first kappa shape index (κ1) is 16.3. The van der Waals surface area contributed by atoms with Crippen LogP contribution in [0.3, 0.4) is 0 Å². The second kappa shape index (κ2) is 8.39. The molecular formula is C14H22N2O4. The third-order valence-corrected chi connectivity index (χ3v) is 3.10. The molecule has 0 aliphatic rings. The maximum atomic E-state index is 11.1. The van der Waals surface area contributed by atoms with Gasteiger partial charge in [0.15, 0.2) is 0 Å². The summed E-state index contributed by atoms with van der Waals surface area (Å²) < 4.78 is 0. The van der Waals surface area contributed by atoms with Crippen LogP contribution in [-0.2, 0) is 11.2 Å². The molecule has 0 aromatic heterocycles. The SMILES string of the molecule is NCCCC[C@H](NCCc1ccc(O)cc1O)C(=O)O. The van der Waals surface area contributed by atoms with Crippen molar-refractivity contribution >= 4 is 5.97 Å². The number of rotatable bonds is 9. The number of benzene rings is 1. The predicted octanol–water partition coefficient (Wildman–Crippen LogP) is 0.812. The van der Waals surface area contributed by atoms with Gasteiger partial charge in [0.25, 0.3) is 0 Å². The molecular weight excluding hydrogens is 260 g/mol. The Morgan fingerprint density at radius 1 is 1.30 bits per heavy atom. The first-order valence-corrected chi connectivity index (χ1v) is 6.71. The van der Waals surface area contributed by atoms with Gasteiger partial charge >= 0.3 is 5.97 Å². The summed E-state index contributed by atoms with van der Waals surface area (Å²) in [4.78, 5) is 11.1. The summed E-state index contributed by atoms with van der Waals surface area (Å²) >= 11 is 0. The van der Waals surface area contributed by atoms with Crippen molar-refractivity contribution in [3.63, 3.8) is 0 Å². The average molecular weight is 282 g/mol. The molecule has 112 valence electrons. The number of carboxylic acids is 1. The number of nitrogens with one attached hydrogen (secondary N) is 1. The van der Waals surface area contributed by atoms with Crippen LogP contribution in [0.2, 0.25) is 0 Å². The van der Waals surface area contributed by atoms with Gasteiger partial charge in [-0.05, 0) is 37.4 Å². The van der Waals surface area contributed by atoms with E-state index in [1.54, 1.807) is 6.07 Å². The summed E-state index contributed by atoms with van der Waals surface area (Å²) in [5.41, 5.74) is 6.05. The molecule has 0 aliphatic heterocycles. The maximum absolute atomic E-state index is 11.1. The summed E-state index contributed by atoms with van der Waals surface area (Å²) in [5.74, 6) is -0.858. The molecule has 6 nitrogen and oxygen atoms in total. The number of aliphatic carboxylic acids is 1. The highest BCUT2D eigenvalue weighted by Crippen LogP contribution is 2.22. The molecule has 0 saturated heterocycles. The van der Waals surface area contributed by atoms with Gasteiger partial charge in [0, 0.05) is 12.6 Å². The number of aromatic hydroxyl groups is 2. The number of phenols is 2. The van der Waals surface area contributed by atoms with Crippen LogP contribution in [0, 0.1) is 0 Å². The molecule has 0 saturated carbocycles. The molecule has 0 amide bonds. The first-order chi connectivity index (χ1) is 9.54. The normalized spacial score (nSPS) is 12.2. The number of unbranched alkanes of at least 4 members (excludes halogenated alkanes) is 1. The van der Waals surface area contributed by atoms with Crippen LogP contribution >= 0.6 is 0 Å². The molecule has 0 radical (unpaired) electrons. The van der Waals surface area contributed by atoms with Crippen molar-refractivity contribution < 1.29 is 20.1 Å². The Bertz CT molecular complexity index is 437. The van der Waals surface area contributed by atoms with Gasteiger partial charge in [0.05, 0.1) is 0 Å². The first-order valence-electron chi connectivity index (χ1n) is 6.71. The number of carboxylic acid groups (broad SMARTS) is 1. The van der Waals surface area contributed by atoms with Gasteiger partial charge < -0.3 is 26.4 Å². The van der Waals surface area contributed by atoms with Gasteiger partial charge in [-0.1, -0.05) is 12.5 Å². The molecule has 1 atom stereocenters. The molecule has 0 fully saturated rings. The monoisotopic (exact) mass is 282 g/mol. The van der Waals surface area contributed by atoms with E-state index in [2.05, 4.69) is 5.32 Å². The molecule has 0 aliphatic carbocycles. The van der Waals surface area contributed by atoms with E-state index in [-0.39, 0.29) is 11.5 Å². The minimum absolute atomic E-state index is 0.00408. The second-order valence-corrected chi connectivity index (χ2v) is 4.69. The summed E-state index contributed by atoms with van der Waals surface area (Å²) in [7, 11) is 0. The molecule has 6 N–H and O–H groups in total. The van der Waals surface area contributed by atoms with E-state index in [0.717, 1.165) is 12.8 Å². The van der Waals surface area contributed by atoms with Gasteiger partial charge in [0.1, 0.15) is 17.5 Å². The topological polar surface area (TPSA) is 116 Å². The number of hydrogen-bond acceptors (Lipinski definition) is 5. The zero-order valence-electron chi connectivity index (χ0n) is 11.4. The van der Waals surface area contributed by atoms with Crippen molar-refractivity contribution in [3.05, 3.63) is 23.8 Å². The zero-order chi connectivity index (χ0) is 15.0. The third-order valence-electron chi connectivity index (χ3n) is 3.10. The summed E-state index contributed by atoms with van der Waals surface area (Å²) in [6, 6.07) is 3.79. The van der Waals surface area contributed by atoms with Gasteiger partial charge in [-0.2, -0.15) is 0 Å². The molecule has 6 heteroatoms. The van der Waals surface area contributed by atoms with Crippen molar-refractivity contribution in [2.75, 3.05) is 13.1 Å². The van der Waals surface area contributed by atoms with Gasteiger partial charge in [0.2, 0.25) is 0 Å². The molecule has 1 aromatic rings.